The predicted octanol–water partition coefficient (Wildman–Crippen LogP) is 2.37. The standard InChI is InChI=1S/C12H16N2O/c1-2-4-10(3-1)15-11-7-9-5-6-13-12(9)14-8-11/h7-8,10H,1-6H2,(H,13,14). The third-order valence-electron chi connectivity index (χ3n) is 3.23. The molecule has 0 saturated heterocycles. The van der Waals surface area contributed by atoms with Gasteiger partial charge in [0.15, 0.2) is 0 Å². The van der Waals surface area contributed by atoms with Crippen molar-refractivity contribution in [2.45, 2.75) is 38.2 Å². The van der Waals surface area contributed by atoms with Crippen molar-refractivity contribution in [3.05, 3.63) is 17.8 Å². The normalized spacial score (nSPS) is 20.0. The van der Waals surface area contributed by atoms with Gasteiger partial charge in [-0.05, 0) is 43.7 Å². The van der Waals surface area contributed by atoms with Crippen LogP contribution in [-0.4, -0.2) is 17.6 Å². The van der Waals surface area contributed by atoms with Gasteiger partial charge >= 0.3 is 0 Å². The molecule has 2 heterocycles. The highest BCUT2D eigenvalue weighted by Crippen LogP contribution is 2.27. The van der Waals surface area contributed by atoms with E-state index in [1.54, 1.807) is 0 Å². The number of nitrogens with zero attached hydrogens (tertiary/aromatic N) is 1. The minimum absolute atomic E-state index is 0.430. The lowest BCUT2D eigenvalue weighted by Crippen LogP contribution is -2.11. The first-order valence-corrected chi connectivity index (χ1v) is 5.81. The van der Waals surface area contributed by atoms with Crippen LogP contribution in [0.3, 0.4) is 0 Å². The smallest absolute Gasteiger partial charge is 0.138 e. The third-order valence-corrected chi connectivity index (χ3v) is 3.23. The molecule has 1 aromatic rings. The Labute approximate surface area is 89.9 Å². The molecule has 0 aromatic carbocycles. The highest BCUT2D eigenvalue weighted by molar-refractivity contribution is 5.51. The fourth-order valence-corrected chi connectivity index (χ4v) is 2.42. The van der Waals surface area contributed by atoms with Crippen molar-refractivity contribution < 1.29 is 4.74 Å². The molecule has 1 fully saturated rings. The maximum Gasteiger partial charge on any atom is 0.138 e. The summed E-state index contributed by atoms with van der Waals surface area (Å²) in [6.07, 6.45) is 8.37. The molecule has 80 valence electrons. The first-order chi connectivity index (χ1) is 7.42. The Balaban J connectivity index is 1.75. The summed E-state index contributed by atoms with van der Waals surface area (Å²) < 4.78 is 5.91. The van der Waals surface area contributed by atoms with Crippen molar-refractivity contribution >= 4 is 5.82 Å². The zero-order valence-corrected chi connectivity index (χ0v) is 8.83. The van der Waals surface area contributed by atoms with Crippen molar-refractivity contribution in [3.63, 3.8) is 0 Å². The summed E-state index contributed by atoms with van der Waals surface area (Å²) in [4.78, 5) is 4.37. The van der Waals surface area contributed by atoms with E-state index in [9.17, 15) is 0 Å². The number of aromatic nitrogens is 1. The van der Waals surface area contributed by atoms with Gasteiger partial charge in [-0.1, -0.05) is 0 Å². The number of hydrogen-bond acceptors (Lipinski definition) is 3. The molecule has 0 unspecified atom stereocenters. The molecule has 0 radical (unpaired) electrons. The molecule has 0 bridgehead atoms. The fraction of sp³-hybridized carbons (Fsp3) is 0.583. The minimum Gasteiger partial charge on any atom is -0.489 e. The summed E-state index contributed by atoms with van der Waals surface area (Å²) in [7, 11) is 0. The average molecular weight is 204 g/mol. The molecular formula is C12H16N2O. The highest BCUT2D eigenvalue weighted by atomic mass is 16.5. The van der Waals surface area contributed by atoms with Crippen LogP contribution in [0, 0.1) is 0 Å². The molecule has 0 amide bonds. The van der Waals surface area contributed by atoms with E-state index >= 15 is 0 Å². The number of rotatable bonds is 2. The Morgan fingerprint density at radius 2 is 2.20 bits per heavy atom. The molecule has 1 N–H and O–H groups in total. The number of anilines is 1. The summed E-state index contributed by atoms with van der Waals surface area (Å²) in [5.41, 5.74) is 1.30. The zero-order valence-electron chi connectivity index (χ0n) is 8.83. The second-order valence-corrected chi connectivity index (χ2v) is 4.38. The quantitative estimate of drug-likeness (QED) is 0.803. The largest absolute Gasteiger partial charge is 0.489 e. The molecule has 1 aliphatic heterocycles. The molecule has 3 rings (SSSR count). The Morgan fingerprint density at radius 1 is 1.33 bits per heavy atom. The molecule has 1 aromatic heterocycles. The number of ether oxygens (including phenoxy) is 1. The zero-order chi connectivity index (χ0) is 10.1. The molecule has 2 aliphatic rings. The van der Waals surface area contributed by atoms with Gasteiger partial charge in [-0.2, -0.15) is 0 Å². The minimum atomic E-state index is 0.430. The van der Waals surface area contributed by atoms with E-state index in [0.717, 1.165) is 24.5 Å². The second-order valence-electron chi connectivity index (χ2n) is 4.38. The lowest BCUT2D eigenvalue weighted by molar-refractivity contribution is 0.209. The van der Waals surface area contributed by atoms with E-state index in [0.29, 0.717) is 6.10 Å². The van der Waals surface area contributed by atoms with Crippen LogP contribution in [0.2, 0.25) is 0 Å². The van der Waals surface area contributed by atoms with E-state index in [1.807, 2.05) is 6.20 Å². The number of hydrogen-bond donors (Lipinski definition) is 1. The van der Waals surface area contributed by atoms with Crippen LogP contribution in [0.5, 0.6) is 5.75 Å². The van der Waals surface area contributed by atoms with Gasteiger partial charge in [-0.3, -0.25) is 0 Å². The van der Waals surface area contributed by atoms with E-state index in [-0.39, 0.29) is 0 Å². The topological polar surface area (TPSA) is 34.1 Å². The van der Waals surface area contributed by atoms with Crippen LogP contribution >= 0.6 is 0 Å². The second kappa shape index (κ2) is 3.72. The van der Waals surface area contributed by atoms with Crippen LogP contribution in [0.1, 0.15) is 31.2 Å². The van der Waals surface area contributed by atoms with Gasteiger partial charge in [0.1, 0.15) is 11.6 Å². The Hall–Kier alpha value is -1.25. The molecular weight excluding hydrogens is 188 g/mol. The third kappa shape index (κ3) is 1.78. The Bertz CT molecular complexity index is 359. The van der Waals surface area contributed by atoms with Gasteiger partial charge < -0.3 is 10.1 Å². The van der Waals surface area contributed by atoms with Crippen LogP contribution in [0.15, 0.2) is 12.3 Å². The first kappa shape index (κ1) is 9.01. The van der Waals surface area contributed by atoms with E-state index in [2.05, 4.69) is 16.4 Å². The van der Waals surface area contributed by atoms with Crippen LogP contribution in [-0.2, 0) is 6.42 Å². The Morgan fingerprint density at radius 3 is 3.07 bits per heavy atom. The monoisotopic (exact) mass is 204 g/mol. The summed E-state index contributed by atoms with van der Waals surface area (Å²) in [5.74, 6) is 1.98. The van der Waals surface area contributed by atoms with Gasteiger partial charge in [0.05, 0.1) is 12.3 Å². The van der Waals surface area contributed by atoms with E-state index < -0.39 is 0 Å². The molecule has 1 saturated carbocycles. The summed E-state index contributed by atoms with van der Waals surface area (Å²) in [6.45, 7) is 1.01. The number of fused-ring (bicyclic) bond motifs is 1. The van der Waals surface area contributed by atoms with Gasteiger partial charge in [0.2, 0.25) is 0 Å². The van der Waals surface area contributed by atoms with Crippen LogP contribution in [0.25, 0.3) is 0 Å². The maximum atomic E-state index is 5.91. The lowest BCUT2D eigenvalue weighted by Gasteiger charge is -2.13. The van der Waals surface area contributed by atoms with Crippen molar-refractivity contribution in [1.29, 1.82) is 0 Å². The SMILES string of the molecule is c1nc2c(cc1OC1CCCC1)CCN2. The molecule has 0 spiro atoms. The molecule has 3 heteroatoms. The molecule has 1 aliphatic carbocycles. The van der Waals surface area contributed by atoms with Crippen LogP contribution in [0.4, 0.5) is 5.82 Å². The maximum absolute atomic E-state index is 5.91. The fourth-order valence-electron chi connectivity index (χ4n) is 2.42. The first-order valence-electron chi connectivity index (χ1n) is 5.81. The highest BCUT2D eigenvalue weighted by Gasteiger charge is 2.18. The van der Waals surface area contributed by atoms with E-state index in [1.165, 1.54) is 31.2 Å². The van der Waals surface area contributed by atoms with Crippen LogP contribution < -0.4 is 10.1 Å². The lowest BCUT2D eigenvalue weighted by atomic mass is 10.2. The molecule has 15 heavy (non-hydrogen) atoms. The van der Waals surface area contributed by atoms with Crippen molar-refractivity contribution in [1.82, 2.24) is 4.98 Å². The van der Waals surface area contributed by atoms with Gasteiger partial charge in [-0.15, -0.1) is 0 Å². The van der Waals surface area contributed by atoms with Gasteiger partial charge in [0, 0.05) is 6.54 Å². The number of pyridine rings is 1. The predicted molar refractivity (Wildman–Crippen MR) is 59.3 cm³/mol. The van der Waals surface area contributed by atoms with Crippen molar-refractivity contribution in [2.75, 3.05) is 11.9 Å². The Kier molecular flexibility index (Phi) is 2.24. The molecule has 0 atom stereocenters. The number of nitrogens with one attached hydrogen (secondary N) is 1. The van der Waals surface area contributed by atoms with Gasteiger partial charge in [-0.25, -0.2) is 4.98 Å². The molecule has 3 nitrogen and oxygen atoms in total. The summed E-state index contributed by atoms with van der Waals surface area (Å²) >= 11 is 0. The summed E-state index contributed by atoms with van der Waals surface area (Å²) in [5, 5.41) is 3.25. The summed E-state index contributed by atoms with van der Waals surface area (Å²) in [6, 6.07) is 2.14. The van der Waals surface area contributed by atoms with E-state index in [4.69, 9.17) is 4.74 Å². The van der Waals surface area contributed by atoms with Crippen molar-refractivity contribution in [3.8, 4) is 5.75 Å². The van der Waals surface area contributed by atoms with Crippen molar-refractivity contribution in [2.24, 2.45) is 0 Å². The average Bonchev–Trinajstić information content (AvgIpc) is 2.87. The van der Waals surface area contributed by atoms with Gasteiger partial charge in [0.25, 0.3) is 0 Å².